The van der Waals surface area contributed by atoms with Gasteiger partial charge in [0, 0.05) is 22.6 Å². The molecule has 2 aromatic rings. The SMILES string of the molecule is CC(c1cccs1)N(C)C(=O)c1ncccc1Br. The lowest BCUT2D eigenvalue weighted by Crippen LogP contribution is -2.30. The van der Waals surface area contributed by atoms with Gasteiger partial charge in [-0.15, -0.1) is 11.3 Å². The number of carbonyl (C=O) groups excluding carboxylic acids is 1. The van der Waals surface area contributed by atoms with Gasteiger partial charge in [-0.25, -0.2) is 4.98 Å². The summed E-state index contributed by atoms with van der Waals surface area (Å²) in [6.07, 6.45) is 1.63. The summed E-state index contributed by atoms with van der Waals surface area (Å²) in [5, 5.41) is 2.01. The summed E-state index contributed by atoms with van der Waals surface area (Å²) >= 11 is 5.01. The average Bonchev–Trinajstić information content (AvgIpc) is 2.90. The molecule has 0 N–H and O–H groups in total. The maximum atomic E-state index is 12.3. The van der Waals surface area contributed by atoms with Crippen molar-refractivity contribution in [1.29, 1.82) is 0 Å². The standard InChI is InChI=1S/C13H13BrN2OS/c1-9(11-6-4-8-18-11)16(2)13(17)12-10(14)5-3-7-15-12/h3-9H,1-2H3. The lowest BCUT2D eigenvalue weighted by molar-refractivity contribution is 0.0738. The Bertz CT molecular complexity index is 542. The van der Waals surface area contributed by atoms with Crippen molar-refractivity contribution in [3.63, 3.8) is 0 Å². The van der Waals surface area contributed by atoms with Gasteiger partial charge in [-0.1, -0.05) is 6.07 Å². The number of carbonyl (C=O) groups is 1. The molecule has 0 saturated heterocycles. The van der Waals surface area contributed by atoms with E-state index in [1.165, 1.54) is 0 Å². The number of halogens is 1. The monoisotopic (exact) mass is 324 g/mol. The maximum Gasteiger partial charge on any atom is 0.273 e. The highest BCUT2D eigenvalue weighted by molar-refractivity contribution is 9.10. The molecule has 94 valence electrons. The number of nitrogens with zero attached hydrogens (tertiary/aromatic N) is 2. The number of hydrogen-bond donors (Lipinski definition) is 0. The van der Waals surface area contributed by atoms with Gasteiger partial charge in [-0.2, -0.15) is 0 Å². The van der Waals surface area contributed by atoms with Gasteiger partial charge in [-0.3, -0.25) is 4.79 Å². The van der Waals surface area contributed by atoms with E-state index in [1.54, 1.807) is 35.5 Å². The Balaban J connectivity index is 2.22. The summed E-state index contributed by atoms with van der Waals surface area (Å²) in [5.41, 5.74) is 0.448. The van der Waals surface area contributed by atoms with Crippen LogP contribution in [0.25, 0.3) is 0 Å². The predicted octanol–water partition coefficient (Wildman–Crippen LogP) is 3.74. The van der Waals surface area contributed by atoms with Crippen molar-refractivity contribution in [2.75, 3.05) is 7.05 Å². The highest BCUT2D eigenvalue weighted by Crippen LogP contribution is 2.25. The predicted molar refractivity (Wildman–Crippen MR) is 76.8 cm³/mol. The third kappa shape index (κ3) is 2.62. The summed E-state index contributed by atoms with van der Waals surface area (Å²) in [4.78, 5) is 19.3. The van der Waals surface area contributed by atoms with E-state index in [9.17, 15) is 4.79 Å². The largest absolute Gasteiger partial charge is 0.333 e. The molecule has 2 rings (SSSR count). The lowest BCUT2D eigenvalue weighted by atomic mass is 10.2. The lowest BCUT2D eigenvalue weighted by Gasteiger charge is -2.24. The van der Waals surface area contributed by atoms with Crippen LogP contribution in [0, 0.1) is 0 Å². The van der Waals surface area contributed by atoms with Crippen molar-refractivity contribution in [2.24, 2.45) is 0 Å². The minimum absolute atomic E-state index is 0.0476. The van der Waals surface area contributed by atoms with E-state index in [2.05, 4.69) is 20.9 Å². The minimum atomic E-state index is -0.0802. The van der Waals surface area contributed by atoms with E-state index in [4.69, 9.17) is 0 Å². The molecule has 0 aromatic carbocycles. The summed E-state index contributed by atoms with van der Waals surface area (Å²) in [7, 11) is 1.80. The molecule has 0 spiro atoms. The molecule has 0 aliphatic carbocycles. The Hall–Kier alpha value is -1.20. The van der Waals surface area contributed by atoms with Crippen molar-refractivity contribution in [1.82, 2.24) is 9.88 Å². The zero-order valence-corrected chi connectivity index (χ0v) is 12.5. The second kappa shape index (κ2) is 5.63. The van der Waals surface area contributed by atoms with Gasteiger partial charge in [0.05, 0.1) is 6.04 Å². The topological polar surface area (TPSA) is 33.2 Å². The Morgan fingerprint density at radius 2 is 2.22 bits per heavy atom. The van der Waals surface area contributed by atoms with E-state index in [-0.39, 0.29) is 11.9 Å². The van der Waals surface area contributed by atoms with E-state index in [1.807, 2.05) is 30.5 Å². The van der Waals surface area contributed by atoms with E-state index >= 15 is 0 Å². The van der Waals surface area contributed by atoms with E-state index < -0.39 is 0 Å². The summed E-state index contributed by atoms with van der Waals surface area (Å²) in [6.45, 7) is 2.01. The highest BCUT2D eigenvalue weighted by atomic mass is 79.9. The number of pyridine rings is 1. The molecule has 2 heterocycles. The quantitative estimate of drug-likeness (QED) is 0.861. The molecular weight excluding hydrogens is 312 g/mol. The Labute approximate surface area is 119 Å². The van der Waals surface area contributed by atoms with Crippen LogP contribution in [-0.2, 0) is 0 Å². The maximum absolute atomic E-state index is 12.3. The van der Waals surface area contributed by atoms with E-state index in [0.717, 1.165) is 9.35 Å². The Morgan fingerprint density at radius 3 is 2.83 bits per heavy atom. The normalized spacial score (nSPS) is 12.2. The molecule has 0 aliphatic heterocycles. The van der Waals surface area contributed by atoms with Crippen LogP contribution in [0.5, 0.6) is 0 Å². The number of rotatable bonds is 3. The summed E-state index contributed by atoms with van der Waals surface area (Å²) < 4.78 is 0.722. The number of amides is 1. The molecule has 2 aromatic heterocycles. The molecule has 3 nitrogen and oxygen atoms in total. The smallest absolute Gasteiger partial charge is 0.273 e. The van der Waals surface area contributed by atoms with Gasteiger partial charge in [0.25, 0.3) is 5.91 Å². The first-order valence-electron chi connectivity index (χ1n) is 5.52. The number of thiophene rings is 1. The van der Waals surface area contributed by atoms with Crippen LogP contribution in [0.15, 0.2) is 40.3 Å². The third-order valence-corrected chi connectivity index (χ3v) is 4.50. The van der Waals surface area contributed by atoms with Crippen LogP contribution < -0.4 is 0 Å². The third-order valence-electron chi connectivity index (χ3n) is 2.82. The van der Waals surface area contributed by atoms with Crippen molar-refractivity contribution < 1.29 is 4.79 Å². The van der Waals surface area contributed by atoms with Gasteiger partial charge in [0.1, 0.15) is 5.69 Å². The summed E-state index contributed by atoms with van der Waals surface area (Å²) in [5.74, 6) is -0.0802. The van der Waals surface area contributed by atoms with Crippen molar-refractivity contribution in [3.05, 3.63) is 50.9 Å². The van der Waals surface area contributed by atoms with Crippen LogP contribution in [-0.4, -0.2) is 22.8 Å². The van der Waals surface area contributed by atoms with Crippen LogP contribution in [0.1, 0.15) is 28.3 Å². The zero-order chi connectivity index (χ0) is 13.1. The molecule has 0 fully saturated rings. The summed E-state index contributed by atoms with van der Waals surface area (Å²) in [6, 6.07) is 7.69. The Morgan fingerprint density at radius 1 is 1.44 bits per heavy atom. The Kier molecular flexibility index (Phi) is 4.14. The molecule has 1 amide bonds. The second-order valence-electron chi connectivity index (χ2n) is 3.94. The molecule has 0 aliphatic rings. The van der Waals surface area contributed by atoms with Crippen LogP contribution in [0.3, 0.4) is 0 Å². The van der Waals surface area contributed by atoms with Gasteiger partial charge in [0.15, 0.2) is 0 Å². The first-order valence-corrected chi connectivity index (χ1v) is 7.19. The van der Waals surface area contributed by atoms with Gasteiger partial charge in [-0.05, 0) is 46.4 Å². The fourth-order valence-corrected chi connectivity index (χ4v) is 2.86. The first kappa shape index (κ1) is 13.2. The van der Waals surface area contributed by atoms with Crippen molar-refractivity contribution in [3.8, 4) is 0 Å². The molecule has 0 bridgehead atoms. The highest BCUT2D eigenvalue weighted by Gasteiger charge is 2.22. The van der Waals surface area contributed by atoms with Gasteiger partial charge in [0.2, 0.25) is 0 Å². The fraction of sp³-hybridized carbons (Fsp3) is 0.231. The first-order chi connectivity index (χ1) is 8.61. The van der Waals surface area contributed by atoms with Crippen LogP contribution in [0.2, 0.25) is 0 Å². The second-order valence-corrected chi connectivity index (χ2v) is 5.77. The molecule has 1 unspecified atom stereocenters. The molecule has 0 saturated carbocycles. The molecule has 18 heavy (non-hydrogen) atoms. The zero-order valence-electron chi connectivity index (χ0n) is 10.1. The van der Waals surface area contributed by atoms with Gasteiger partial charge < -0.3 is 4.90 Å². The van der Waals surface area contributed by atoms with Crippen LogP contribution >= 0.6 is 27.3 Å². The van der Waals surface area contributed by atoms with Crippen molar-refractivity contribution >= 4 is 33.2 Å². The van der Waals surface area contributed by atoms with E-state index in [0.29, 0.717) is 5.69 Å². The van der Waals surface area contributed by atoms with Crippen LogP contribution in [0.4, 0.5) is 0 Å². The minimum Gasteiger partial charge on any atom is -0.333 e. The molecule has 5 heteroatoms. The van der Waals surface area contributed by atoms with Crippen molar-refractivity contribution in [2.45, 2.75) is 13.0 Å². The van der Waals surface area contributed by atoms with Gasteiger partial charge >= 0.3 is 0 Å². The molecule has 1 atom stereocenters. The molecule has 0 radical (unpaired) electrons. The number of hydrogen-bond acceptors (Lipinski definition) is 3. The average molecular weight is 325 g/mol. The molecular formula is C13H13BrN2OS. The number of aromatic nitrogens is 1. The fourth-order valence-electron chi connectivity index (χ4n) is 1.61.